The molecule has 4 aromatic rings. The molecule has 0 saturated carbocycles. The molecule has 146 valence electrons. The van der Waals surface area contributed by atoms with Gasteiger partial charge in [-0.3, -0.25) is 4.79 Å². The number of aryl methyl sites for hydroxylation is 1. The molecule has 1 amide bonds. The fourth-order valence-corrected chi connectivity index (χ4v) is 3.34. The zero-order valence-electron chi connectivity index (χ0n) is 15.7. The number of methoxy groups -OCH3 is 1. The Bertz CT molecular complexity index is 1230. The Morgan fingerprint density at radius 2 is 1.90 bits per heavy atom. The van der Waals surface area contributed by atoms with Crippen molar-refractivity contribution in [3.63, 3.8) is 0 Å². The number of carbonyl (C=O) groups is 1. The van der Waals surface area contributed by atoms with Crippen molar-refractivity contribution in [2.45, 2.75) is 6.92 Å². The molecular weight excluding hydrogens is 409 g/mol. The highest BCUT2D eigenvalue weighted by Crippen LogP contribution is 2.31. The number of imidazole rings is 1. The number of benzene rings is 3. The van der Waals surface area contributed by atoms with Gasteiger partial charge in [0.2, 0.25) is 0 Å². The van der Waals surface area contributed by atoms with Gasteiger partial charge in [0.25, 0.3) is 5.91 Å². The van der Waals surface area contributed by atoms with Crippen LogP contribution in [0.2, 0.25) is 10.0 Å². The topological polar surface area (TPSA) is 67.0 Å². The first-order chi connectivity index (χ1) is 13.9. The number of aromatic amines is 1. The van der Waals surface area contributed by atoms with E-state index in [0.717, 1.165) is 22.2 Å². The van der Waals surface area contributed by atoms with E-state index in [1.54, 1.807) is 31.4 Å². The summed E-state index contributed by atoms with van der Waals surface area (Å²) in [6.45, 7) is 1.89. The van der Waals surface area contributed by atoms with Crippen molar-refractivity contribution in [2.24, 2.45) is 0 Å². The van der Waals surface area contributed by atoms with Gasteiger partial charge in [-0.2, -0.15) is 0 Å². The number of carbonyl (C=O) groups excluding carboxylic acids is 1. The van der Waals surface area contributed by atoms with Crippen molar-refractivity contribution in [3.05, 3.63) is 75.8 Å². The second-order valence-electron chi connectivity index (χ2n) is 6.58. The van der Waals surface area contributed by atoms with Crippen LogP contribution in [-0.2, 0) is 0 Å². The summed E-state index contributed by atoms with van der Waals surface area (Å²) in [6, 6.07) is 16.1. The van der Waals surface area contributed by atoms with Crippen LogP contribution in [-0.4, -0.2) is 23.0 Å². The van der Waals surface area contributed by atoms with E-state index < -0.39 is 0 Å². The largest absolute Gasteiger partial charge is 0.495 e. The molecule has 1 aromatic heterocycles. The third kappa shape index (κ3) is 3.92. The standard InChI is InChI=1S/C22H17Cl2N3O2/c1-12-3-4-14(9-16(12)24)22(28)27-18-7-5-13(10-20(18)29-2)21-25-17-8-6-15(23)11-19(17)26-21/h3-11H,1-2H3,(H,25,26)(H,27,28). The van der Waals surface area contributed by atoms with E-state index in [0.29, 0.717) is 32.9 Å². The Balaban J connectivity index is 1.63. The molecule has 1 heterocycles. The van der Waals surface area contributed by atoms with Crippen LogP contribution in [0.1, 0.15) is 15.9 Å². The van der Waals surface area contributed by atoms with Gasteiger partial charge in [-0.05, 0) is 61.0 Å². The molecule has 0 saturated heterocycles. The van der Waals surface area contributed by atoms with E-state index in [4.69, 9.17) is 27.9 Å². The van der Waals surface area contributed by atoms with E-state index >= 15 is 0 Å². The fourth-order valence-electron chi connectivity index (χ4n) is 2.99. The average molecular weight is 426 g/mol. The van der Waals surface area contributed by atoms with Crippen molar-refractivity contribution in [1.82, 2.24) is 9.97 Å². The Morgan fingerprint density at radius 3 is 2.66 bits per heavy atom. The number of rotatable bonds is 4. The van der Waals surface area contributed by atoms with Gasteiger partial charge in [0.1, 0.15) is 11.6 Å². The summed E-state index contributed by atoms with van der Waals surface area (Å²) >= 11 is 12.2. The molecule has 0 aliphatic rings. The molecule has 0 spiro atoms. The summed E-state index contributed by atoms with van der Waals surface area (Å²) in [5.74, 6) is 0.938. The van der Waals surface area contributed by atoms with Crippen LogP contribution in [0.3, 0.4) is 0 Å². The number of nitrogens with one attached hydrogen (secondary N) is 2. The maximum atomic E-state index is 12.6. The van der Waals surface area contributed by atoms with Gasteiger partial charge >= 0.3 is 0 Å². The van der Waals surface area contributed by atoms with E-state index in [2.05, 4.69) is 15.3 Å². The maximum absolute atomic E-state index is 12.6. The van der Waals surface area contributed by atoms with Crippen LogP contribution in [0.5, 0.6) is 5.75 Å². The minimum atomic E-state index is -0.267. The number of H-pyrrole nitrogens is 1. The van der Waals surface area contributed by atoms with E-state index in [9.17, 15) is 4.79 Å². The SMILES string of the molecule is COc1cc(-c2nc3ccc(Cl)cc3[nH]2)ccc1NC(=O)c1ccc(C)c(Cl)c1. The molecule has 0 radical (unpaired) electrons. The summed E-state index contributed by atoms with van der Waals surface area (Å²) in [4.78, 5) is 20.4. The molecule has 0 aliphatic heterocycles. The summed E-state index contributed by atoms with van der Waals surface area (Å²) in [7, 11) is 1.55. The summed E-state index contributed by atoms with van der Waals surface area (Å²) in [6.07, 6.45) is 0. The lowest BCUT2D eigenvalue weighted by Crippen LogP contribution is -2.12. The number of fused-ring (bicyclic) bond motifs is 1. The van der Waals surface area contributed by atoms with Crippen molar-refractivity contribution in [2.75, 3.05) is 12.4 Å². The summed E-state index contributed by atoms with van der Waals surface area (Å²) < 4.78 is 5.48. The van der Waals surface area contributed by atoms with Crippen molar-refractivity contribution in [3.8, 4) is 17.1 Å². The molecule has 5 nitrogen and oxygen atoms in total. The Morgan fingerprint density at radius 1 is 1.07 bits per heavy atom. The second kappa shape index (κ2) is 7.78. The summed E-state index contributed by atoms with van der Waals surface area (Å²) in [5, 5.41) is 4.05. The monoisotopic (exact) mass is 425 g/mol. The molecule has 0 bridgehead atoms. The average Bonchev–Trinajstić information content (AvgIpc) is 3.13. The highest BCUT2D eigenvalue weighted by molar-refractivity contribution is 6.32. The molecular formula is C22H17Cl2N3O2. The minimum absolute atomic E-state index is 0.267. The zero-order valence-corrected chi connectivity index (χ0v) is 17.2. The lowest BCUT2D eigenvalue weighted by Gasteiger charge is -2.12. The number of amides is 1. The van der Waals surface area contributed by atoms with Crippen molar-refractivity contribution >= 4 is 45.8 Å². The first kappa shape index (κ1) is 19.3. The lowest BCUT2D eigenvalue weighted by molar-refractivity contribution is 0.102. The van der Waals surface area contributed by atoms with E-state index in [1.165, 1.54) is 0 Å². The van der Waals surface area contributed by atoms with Gasteiger partial charge in [-0.1, -0.05) is 29.3 Å². The second-order valence-corrected chi connectivity index (χ2v) is 7.42. The quantitative estimate of drug-likeness (QED) is 0.414. The molecule has 0 atom stereocenters. The molecule has 0 aliphatic carbocycles. The Kier molecular flexibility index (Phi) is 5.18. The van der Waals surface area contributed by atoms with Gasteiger partial charge in [0.15, 0.2) is 0 Å². The van der Waals surface area contributed by atoms with Crippen LogP contribution in [0.15, 0.2) is 54.6 Å². The van der Waals surface area contributed by atoms with Gasteiger partial charge in [-0.25, -0.2) is 4.98 Å². The van der Waals surface area contributed by atoms with Gasteiger partial charge in [0.05, 0.1) is 23.8 Å². The smallest absolute Gasteiger partial charge is 0.255 e. The predicted molar refractivity (Wildman–Crippen MR) is 117 cm³/mol. The number of halogens is 2. The number of hydrogen-bond donors (Lipinski definition) is 2. The number of anilines is 1. The van der Waals surface area contributed by atoms with Crippen molar-refractivity contribution < 1.29 is 9.53 Å². The summed E-state index contributed by atoms with van der Waals surface area (Å²) in [5.41, 5.74) is 4.43. The number of aromatic nitrogens is 2. The molecule has 29 heavy (non-hydrogen) atoms. The highest BCUT2D eigenvalue weighted by Gasteiger charge is 2.13. The molecule has 2 N–H and O–H groups in total. The molecule has 0 unspecified atom stereocenters. The van der Waals surface area contributed by atoms with Gasteiger partial charge in [-0.15, -0.1) is 0 Å². The first-order valence-corrected chi connectivity index (χ1v) is 9.61. The molecule has 7 heteroatoms. The number of nitrogens with zero attached hydrogens (tertiary/aromatic N) is 1. The third-order valence-electron chi connectivity index (χ3n) is 4.60. The van der Waals surface area contributed by atoms with Crippen LogP contribution in [0, 0.1) is 6.92 Å². The van der Waals surface area contributed by atoms with Crippen LogP contribution >= 0.6 is 23.2 Å². The third-order valence-corrected chi connectivity index (χ3v) is 5.24. The van der Waals surface area contributed by atoms with Crippen molar-refractivity contribution in [1.29, 1.82) is 0 Å². The Hall–Kier alpha value is -3.02. The Labute approximate surface area is 177 Å². The lowest BCUT2D eigenvalue weighted by atomic mass is 10.1. The zero-order chi connectivity index (χ0) is 20.5. The highest BCUT2D eigenvalue weighted by atomic mass is 35.5. The maximum Gasteiger partial charge on any atom is 0.255 e. The normalized spacial score (nSPS) is 10.9. The van der Waals surface area contributed by atoms with Gasteiger partial charge < -0.3 is 15.0 Å². The predicted octanol–water partition coefficient (Wildman–Crippen LogP) is 6.11. The number of ether oxygens (including phenoxy) is 1. The molecule has 0 fully saturated rings. The van der Waals surface area contributed by atoms with E-state index in [-0.39, 0.29) is 5.91 Å². The van der Waals surface area contributed by atoms with Crippen LogP contribution in [0.25, 0.3) is 22.4 Å². The van der Waals surface area contributed by atoms with Crippen LogP contribution < -0.4 is 10.1 Å². The van der Waals surface area contributed by atoms with Gasteiger partial charge in [0, 0.05) is 21.2 Å². The van der Waals surface area contributed by atoms with Crippen LogP contribution in [0.4, 0.5) is 5.69 Å². The first-order valence-electron chi connectivity index (χ1n) is 8.86. The molecule has 3 aromatic carbocycles. The van der Waals surface area contributed by atoms with E-state index in [1.807, 2.05) is 37.3 Å². The fraction of sp³-hybridized carbons (Fsp3) is 0.0909. The minimum Gasteiger partial charge on any atom is -0.495 e. The number of hydrogen-bond acceptors (Lipinski definition) is 3. The molecule has 4 rings (SSSR count).